The minimum atomic E-state index is 0.225. The van der Waals surface area contributed by atoms with Crippen molar-refractivity contribution in [3.05, 3.63) is 23.8 Å². The van der Waals surface area contributed by atoms with Crippen LogP contribution in [0.2, 0.25) is 0 Å². The van der Waals surface area contributed by atoms with E-state index in [-0.39, 0.29) is 6.10 Å². The Morgan fingerprint density at radius 2 is 2.31 bits per heavy atom. The molecule has 3 nitrogen and oxygen atoms in total. The van der Waals surface area contributed by atoms with Gasteiger partial charge in [0.25, 0.3) is 0 Å². The third-order valence-electron chi connectivity index (χ3n) is 3.08. The van der Waals surface area contributed by atoms with E-state index in [1.807, 2.05) is 0 Å². The fourth-order valence-corrected chi connectivity index (χ4v) is 2.13. The molecule has 2 rings (SSSR count). The number of rotatable bonds is 2. The number of aryl methyl sites for hydroxylation is 1. The molecule has 0 spiro atoms. The van der Waals surface area contributed by atoms with Crippen LogP contribution in [0.5, 0.6) is 5.75 Å². The van der Waals surface area contributed by atoms with Crippen LogP contribution in [0, 0.1) is 6.92 Å². The van der Waals surface area contributed by atoms with Gasteiger partial charge in [-0.05, 0) is 38.5 Å². The molecule has 0 fully saturated rings. The highest BCUT2D eigenvalue weighted by molar-refractivity contribution is 5.61. The zero-order valence-corrected chi connectivity index (χ0v) is 10.2. The second kappa shape index (κ2) is 4.34. The van der Waals surface area contributed by atoms with E-state index in [1.54, 1.807) is 0 Å². The lowest BCUT2D eigenvalue weighted by Crippen LogP contribution is -2.46. The number of ether oxygens (including phenoxy) is 1. The van der Waals surface area contributed by atoms with Crippen molar-refractivity contribution in [1.82, 2.24) is 0 Å². The highest BCUT2D eigenvalue weighted by atomic mass is 16.5. The summed E-state index contributed by atoms with van der Waals surface area (Å²) >= 11 is 0. The number of fused-ring (bicyclic) bond motifs is 1. The van der Waals surface area contributed by atoms with E-state index < -0.39 is 0 Å². The average molecular weight is 220 g/mol. The molecule has 0 saturated carbocycles. The number of anilines is 1. The van der Waals surface area contributed by atoms with Crippen LogP contribution >= 0.6 is 0 Å². The average Bonchev–Trinajstić information content (AvgIpc) is 2.26. The monoisotopic (exact) mass is 220 g/mol. The molecule has 1 aromatic rings. The molecule has 1 aliphatic heterocycles. The molecule has 3 heteroatoms. The van der Waals surface area contributed by atoms with Crippen molar-refractivity contribution in [2.75, 3.05) is 18.0 Å². The third kappa shape index (κ3) is 2.00. The molecule has 0 aromatic heterocycles. The van der Waals surface area contributed by atoms with Crippen LogP contribution in [0.25, 0.3) is 0 Å². The molecular formula is C13H20N2O. The van der Waals surface area contributed by atoms with Crippen LogP contribution in [0.1, 0.15) is 19.4 Å². The van der Waals surface area contributed by atoms with Gasteiger partial charge in [-0.1, -0.05) is 6.07 Å². The Bertz CT molecular complexity index is 378. The summed E-state index contributed by atoms with van der Waals surface area (Å²) < 4.78 is 5.86. The Balaban J connectivity index is 2.37. The van der Waals surface area contributed by atoms with Gasteiger partial charge in [0.1, 0.15) is 11.9 Å². The summed E-state index contributed by atoms with van der Waals surface area (Å²) in [4.78, 5) is 2.34. The summed E-state index contributed by atoms with van der Waals surface area (Å²) in [6.45, 7) is 7.91. The molecule has 0 bridgehead atoms. The summed E-state index contributed by atoms with van der Waals surface area (Å²) in [5.41, 5.74) is 8.15. The van der Waals surface area contributed by atoms with Gasteiger partial charge in [0.15, 0.2) is 0 Å². The van der Waals surface area contributed by atoms with Gasteiger partial charge in [0.05, 0.1) is 12.2 Å². The van der Waals surface area contributed by atoms with Crippen molar-refractivity contribution < 1.29 is 4.74 Å². The summed E-state index contributed by atoms with van der Waals surface area (Å²) in [5.74, 6) is 0.985. The Morgan fingerprint density at radius 3 is 3.00 bits per heavy atom. The third-order valence-corrected chi connectivity index (χ3v) is 3.08. The molecule has 1 aromatic carbocycles. The van der Waals surface area contributed by atoms with E-state index in [9.17, 15) is 0 Å². The van der Waals surface area contributed by atoms with Crippen molar-refractivity contribution in [2.24, 2.45) is 5.73 Å². The summed E-state index contributed by atoms with van der Waals surface area (Å²) in [6.07, 6.45) is 0.225. The number of benzene rings is 1. The Kier molecular flexibility index (Phi) is 3.06. The van der Waals surface area contributed by atoms with Gasteiger partial charge in [-0.2, -0.15) is 0 Å². The zero-order valence-electron chi connectivity index (χ0n) is 10.2. The number of nitrogens with two attached hydrogens (primary N) is 1. The van der Waals surface area contributed by atoms with E-state index in [1.165, 1.54) is 11.3 Å². The van der Waals surface area contributed by atoms with Crippen LogP contribution < -0.4 is 15.4 Å². The van der Waals surface area contributed by atoms with E-state index in [2.05, 4.69) is 43.9 Å². The number of hydrogen-bond acceptors (Lipinski definition) is 3. The molecule has 2 N–H and O–H groups in total. The Morgan fingerprint density at radius 1 is 1.56 bits per heavy atom. The molecule has 0 saturated heterocycles. The minimum absolute atomic E-state index is 0.225. The molecule has 88 valence electrons. The maximum absolute atomic E-state index is 5.86. The number of hydrogen-bond donors (Lipinski definition) is 1. The first-order chi connectivity index (χ1) is 7.61. The molecule has 1 heterocycles. The first-order valence-electron chi connectivity index (χ1n) is 5.86. The van der Waals surface area contributed by atoms with Crippen molar-refractivity contribution >= 4 is 5.69 Å². The Labute approximate surface area is 97.2 Å². The fourth-order valence-electron chi connectivity index (χ4n) is 2.13. The van der Waals surface area contributed by atoms with Crippen LogP contribution in [-0.2, 0) is 0 Å². The zero-order chi connectivity index (χ0) is 11.7. The maximum atomic E-state index is 5.86. The van der Waals surface area contributed by atoms with Crippen LogP contribution in [0.4, 0.5) is 5.69 Å². The predicted molar refractivity (Wildman–Crippen MR) is 67.1 cm³/mol. The molecule has 0 aliphatic carbocycles. The molecule has 0 amide bonds. The summed E-state index contributed by atoms with van der Waals surface area (Å²) in [7, 11) is 0. The maximum Gasteiger partial charge on any atom is 0.143 e. The predicted octanol–water partition coefficient (Wildman–Crippen LogP) is 1.93. The van der Waals surface area contributed by atoms with Gasteiger partial charge in [-0.25, -0.2) is 0 Å². The molecule has 0 radical (unpaired) electrons. The smallest absolute Gasteiger partial charge is 0.143 e. The first kappa shape index (κ1) is 11.3. The van der Waals surface area contributed by atoms with Crippen molar-refractivity contribution in [3.63, 3.8) is 0 Å². The topological polar surface area (TPSA) is 38.5 Å². The minimum Gasteiger partial charge on any atom is -0.487 e. The van der Waals surface area contributed by atoms with E-state index in [0.29, 0.717) is 12.6 Å². The standard InChI is InChI=1S/C13H20N2O/c1-9-4-5-12-13(6-9)16-11(3)8-15(12)10(2)7-14/h4-6,10-11H,7-8,14H2,1-3H3. The second-order valence-corrected chi connectivity index (χ2v) is 4.64. The molecule has 2 unspecified atom stereocenters. The van der Waals surface area contributed by atoms with Gasteiger partial charge in [-0.15, -0.1) is 0 Å². The van der Waals surface area contributed by atoms with Gasteiger partial charge in [0, 0.05) is 12.6 Å². The van der Waals surface area contributed by atoms with E-state index >= 15 is 0 Å². The molecular weight excluding hydrogens is 200 g/mol. The van der Waals surface area contributed by atoms with E-state index in [0.717, 1.165) is 12.3 Å². The fraction of sp³-hybridized carbons (Fsp3) is 0.538. The molecule has 1 aliphatic rings. The van der Waals surface area contributed by atoms with Gasteiger partial charge < -0.3 is 15.4 Å². The Hall–Kier alpha value is -1.22. The lowest BCUT2D eigenvalue weighted by molar-refractivity contribution is 0.208. The molecule has 16 heavy (non-hydrogen) atoms. The van der Waals surface area contributed by atoms with Crippen LogP contribution in [-0.4, -0.2) is 25.2 Å². The van der Waals surface area contributed by atoms with Crippen molar-refractivity contribution in [1.29, 1.82) is 0 Å². The second-order valence-electron chi connectivity index (χ2n) is 4.64. The first-order valence-corrected chi connectivity index (χ1v) is 5.86. The lowest BCUT2D eigenvalue weighted by atomic mass is 10.1. The van der Waals surface area contributed by atoms with Gasteiger partial charge >= 0.3 is 0 Å². The summed E-state index contributed by atoms with van der Waals surface area (Å²) in [5, 5.41) is 0. The quantitative estimate of drug-likeness (QED) is 0.827. The van der Waals surface area contributed by atoms with Crippen LogP contribution in [0.15, 0.2) is 18.2 Å². The lowest BCUT2D eigenvalue weighted by Gasteiger charge is -2.38. The normalized spacial score (nSPS) is 21.2. The highest BCUT2D eigenvalue weighted by Crippen LogP contribution is 2.35. The van der Waals surface area contributed by atoms with Crippen molar-refractivity contribution in [2.45, 2.75) is 32.9 Å². The van der Waals surface area contributed by atoms with E-state index in [4.69, 9.17) is 10.5 Å². The van der Waals surface area contributed by atoms with Gasteiger partial charge in [0.2, 0.25) is 0 Å². The summed E-state index contributed by atoms with van der Waals surface area (Å²) in [6, 6.07) is 6.70. The largest absolute Gasteiger partial charge is 0.487 e. The van der Waals surface area contributed by atoms with Gasteiger partial charge in [-0.3, -0.25) is 0 Å². The SMILES string of the molecule is Cc1ccc2c(c1)OC(C)CN2C(C)CN. The highest BCUT2D eigenvalue weighted by Gasteiger charge is 2.25. The van der Waals surface area contributed by atoms with Crippen LogP contribution in [0.3, 0.4) is 0 Å². The van der Waals surface area contributed by atoms with Crippen molar-refractivity contribution in [3.8, 4) is 5.75 Å². The molecule has 2 atom stereocenters. The number of nitrogens with zero attached hydrogens (tertiary/aromatic N) is 1.